The number of nitrogens with zero attached hydrogens (tertiary/aromatic N) is 1. The van der Waals surface area contributed by atoms with Crippen LogP contribution in [0.25, 0.3) is 0 Å². The molecule has 2 nitrogen and oxygen atoms in total. The van der Waals surface area contributed by atoms with Crippen molar-refractivity contribution in [2.24, 2.45) is 10.8 Å². The minimum Gasteiger partial charge on any atom is -0.283 e. The summed E-state index contributed by atoms with van der Waals surface area (Å²) in [5, 5.41) is 8.59. The second-order valence-electron chi connectivity index (χ2n) is 6.72. The Balaban J connectivity index is 5.09. The van der Waals surface area contributed by atoms with Crippen LogP contribution in [0.15, 0.2) is 0 Å². The van der Waals surface area contributed by atoms with Crippen molar-refractivity contribution in [2.45, 2.75) is 53.8 Å². The fourth-order valence-corrected chi connectivity index (χ4v) is 1.86. The fourth-order valence-electron chi connectivity index (χ4n) is 1.17. The number of ketones is 1. The molecule has 3 heteroatoms. The lowest BCUT2D eigenvalue weighted by atomic mass is 9.66. The van der Waals surface area contributed by atoms with Gasteiger partial charge in [-0.15, -0.1) is 11.5 Å². The lowest BCUT2D eigenvalue weighted by Crippen LogP contribution is -2.34. The number of rotatable bonds is 3. The van der Waals surface area contributed by atoms with Gasteiger partial charge in [0.05, 0.1) is 0 Å². The molecule has 0 radical (unpaired) electrons. The molecule has 0 aliphatic rings. The van der Waals surface area contributed by atoms with Crippen LogP contribution in [0, 0.1) is 33.6 Å². The smallest absolute Gasteiger partial charge is 0.232 e. The van der Waals surface area contributed by atoms with Gasteiger partial charge in [-0.05, 0) is 19.3 Å². The standard InChI is InChI=1S/C14H23NOSi/c1-13(2,8-9-17(5,6)7)14(3,4)10-12(16)11-15/h10H2,1-7H3. The molecule has 94 valence electrons. The van der Waals surface area contributed by atoms with E-state index in [1.54, 1.807) is 6.07 Å². The summed E-state index contributed by atoms with van der Waals surface area (Å²) in [5.74, 6) is 2.96. The van der Waals surface area contributed by atoms with E-state index < -0.39 is 8.07 Å². The van der Waals surface area contributed by atoms with Crippen LogP contribution in [0.5, 0.6) is 0 Å². The predicted octanol–water partition coefficient (Wildman–Crippen LogP) is 3.40. The van der Waals surface area contributed by atoms with Gasteiger partial charge in [-0.25, -0.2) is 0 Å². The van der Waals surface area contributed by atoms with Crippen LogP contribution in [0.4, 0.5) is 0 Å². The summed E-state index contributed by atoms with van der Waals surface area (Å²) in [5.41, 5.74) is 2.80. The van der Waals surface area contributed by atoms with Gasteiger partial charge >= 0.3 is 0 Å². The van der Waals surface area contributed by atoms with Crippen LogP contribution in [0.3, 0.4) is 0 Å². The maximum Gasteiger partial charge on any atom is 0.232 e. The number of carbonyl (C=O) groups is 1. The zero-order valence-corrected chi connectivity index (χ0v) is 13.1. The molecule has 0 fully saturated rings. The van der Waals surface area contributed by atoms with E-state index in [9.17, 15) is 4.79 Å². The summed E-state index contributed by atoms with van der Waals surface area (Å²) in [6.07, 6.45) is 0.261. The molecule has 0 aliphatic carbocycles. The zero-order chi connectivity index (χ0) is 13.9. The second-order valence-corrected chi connectivity index (χ2v) is 11.5. The average Bonchev–Trinajstić information content (AvgIpc) is 2.12. The van der Waals surface area contributed by atoms with Crippen molar-refractivity contribution in [3.8, 4) is 17.5 Å². The highest BCUT2D eigenvalue weighted by Crippen LogP contribution is 2.41. The Hall–Kier alpha value is -1.06. The SMILES string of the molecule is CC(C)(C#C[Si](C)(C)C)C(C)(C)CC(=O)C#N. The van der Waals surface area contributed by atoms with Gasteiger partial charge in [0, 0.05) is 11.8 Å². The van der Waals surface area contributed by atoms with Crippen molar-refractivity contribution in [3.63, 3.8) is 0 Å². The van der Waals surface area contributed by atoms with E-state index in [1.165, 1.54) is 0 Å². The normalized spacial score (nSPS) is 12.4. The van der Waals surface area contributed by atoms with Crippen LogP contribution in [-0.4, -0.2) is 13.9 Å². The van der Waals surface area contributed by atoms with Crippen molar-refractivity contribution in [3.05, 3.63) is 0 Å². The van der Waals surface area contributed by atoms with Crippen LogP contribution in [0.2, 0.25) is 19.6 Å². The first-order valence-corrected chi connectivity index (χ1v) is 9.38. The van der Waals surface area contributed by atoms with Crippen molar-refractivity contribution in [1.29, 1.82) is 5.26 Å². The molecule has 0 spiro atoms. The first kappa shape index (κ1) is 15.9. The highest BCUT2D eigenvalue weighted by atomic mass is 28.3. The molecule has 0 amide bonds. The first-order valence-electron chi connectivity index (χ1n) is 5.88. The molecule has 0 aliphatic heterocycles. The second kappa shape index (κ2) is 5.06. The molecule has 17 heavy (non-hydrogen) atoms. The van der Waals surface area contributed by atoms with Gasteiger partial charge in [0.1, 0.15) is 14.1 Å². The molecular formula is C14H23NOSi. The predicted molar refractivity (Wildman–Crippen MR) is 73.9 cm³/mol. The van der Waals surface area contributed by atoms with Crippen LogP contribution in [-0.2, 0) is 4.79 Å². The van der Waals surface area contributed by atoms with Gasteiger partial charge in [-0.1, -0.05) is 33.5 Å². The number of hydrogen-bond acceptors (Lipinski definition) is 2. The average molecular weight is 249 g/mol. The summed E-state index contributed by atoms with van der Waals surface area (Å²) in [7, 11) is -1.41. The van der Waals surface area contributed by atoms with Gasteiger partial charge < -0.3 is 0 Å². The van der Waals surface area contributed by atoms with E-state index in [-0.39, 0.29) is 23.0 Å². The van der Waals surface area contributed by atoms with E-state index in [0.29, 0.717) is 0 Å². The molecule has 0 rings (SSSR count). The molecule has 0 aromatic heterocycles. The Labute approximate surface area is 106 Å². The van der Waals surface area contributed by atoms with Crippen LogP contribution >= 0.6 is 0 Å². The molecule has 0 bridgehead atoms. The van der Waals surface area contributed by atoms with Gasteiger partial charge in [0.2, 0.25) is 5.78 Å². The molecule has 0 atom stereocenters. The lowest BCUT2D eigenvalue weighted by Gasteiger charge is -2.37. The number of carbonyl (C=O) groups excluding carboxylic acids is 1. The molecule has 0 unspecified atom stereocenters. The van der Waals surface area contributed by atoms with Crippen molar-refractivity contribution in [2.75, 3.05) is 0 Å². The molecular weight excluding hydrogens is 226 g/mol. The maximum absolute atomic E-state index is 11.3. The topological polar surface area (TPSA) is 40.9 Å². The van der Waals surface area contributed by atoms with E-state index in [1.807, 2.05) is 27.7 Å². The minimum atomic E-state index is -1.41. The monoisotopic (exact) mass is 249 g/mol. The lowest BCUT2D eigenvalue weighted by molar-refractivity contribution is -0.116. The van der Waals surface area contributed by atoms with Crippen molar-refractivity contribution >= 4 is 13.9 Å². The first-order chi connectivity index (χ1) is 7.41. The number of nitriles is 1. The van der Waals surface area contributed by atoms with Crippen LogP contribution < -0.4 is 0 Å². The minimum absolute atomic E-state index is 0.261. The summed E-state index contributed by atoms with van der Waals surface area (Å²) in [6, 6.07) is 1.69. The van der Waals surface area contributed by atoms with E-state index in [0.717, 1.165) is 0 Å². The third-order valence-corrected chi connectivity index (χ3v) is 4.04. The zero-order valence-electron chi connectivity index (χ0n) is 12.1. The fraction of sp³-hybridized carbons (Fsp3) is 0.714. The summed E-state index contributed by atoms with van der Waals surface area (Å²) < 4.78 is 0. The Bertz CT molecular complexity index is 397. The van der Waals surface area contributed by atoms with Gasteiger partial charge in [-0.3, -0.25) is 4.79 Å². The maximum atomic E-state index is 11.3. The number of Topliss-reactive ketones (excluding diaryl/α,β-unsaturated/α-hetero) is 1. The summed E-state index contributed by atoms with van der Waals surface area (Å²) in [6.45, 7) is 14.7. The van der Waals surface area contributed by atoms with Crippen molar-refractivity contribution in [1.82, 2.24) is 0 Å². The molecule has 0 saturated heterocycles. The van der Waals surface area contributed by atoms with Gasteiger partial charge in [0.15, 0.2) is 0 Å². The Morgan fingerprint density at radius 3 is 2.00 bits per heavy atom. The number of hydrogen-bond donors (Lipinski definition) is 0. The highest BCUT2D eigenvalue weighted by molar-refractivity contribution is 6.83. The molecule has 0 aromatic carbocycles. The van der Waals surface area contributed by atoms with Gasteiger partial charge in [-0.2, -0.15) is 5.26 Å². The van der Waals surface area contributed by atoms with Crippen molar-refractivity contribution < 1.29 is 4.79 Å². The van der Waals surface area contributed by atoms with E-state index in [2.05, 4.69) is 31.1 Å². The van der Waals surface area contributed by atoms with Crippen LogP contribution in [0.1, 0.15) is 34.1 Å². The quantitative estimate of drug-likeness (QED) is 0.437. The molecule has 0 heterocycles. The summed E-state index contributed by atoms with van der Waals surface area (Å²) >= 11 is 0. The molecule has 0 N–H and O–H groups in total. The molecule has 0 aromatic rings. The summed E-state index contributed by atoms with van der Waals surface area (Å²) in [4.78, 5) is 11.3. The Morgan fingerprint density at radius 1 is 1.18 bits per heavy atom. The Morgan fingerprint density at radius 2 is 1.65 bits per heavy atom. The van der Waals surface area contributed by atoms with E-state index in [4.69, 9.17) is 5.26 Å². The highest BCUT2D eigenvalue weighted by Gasteiger charge is 2.37. The molecule has 0 saturated carbocycles. The largest absolute Gasteiger partial charge is 0.283 e. The van der Waals surface area contributed by atoms with Gasteiger partial charge in [0.25, 0.3) is 0 Å². The third-order valence-electron chi connectivity index (χ3n) is 3.17. The Kier molecular flexibility index (Phi) is 4.75. The van der Waals surface area contributed by atoms with E-state index >= 15 is 0 Å². The third kappa shape index (κ3) is 5.19.